The standard InChI is InChI=1S/C22H27F2N7O2/c1-12(2)33-15-5-6-30(11-15)20-16-10-26-14(9-18(25)32)8-17(16)31(29-20)19-7-13(3)27-21(28-19)22(4,23)24/h7-8,10,12,15H,5-6,9,11H2,1-4H3,(H2,25,32). The van der Waals surface area contributed by atoms with Crippen molar-refractivity contribution >= 4 is 22.6 Å². The van der Waals surface area contributed by atoms with Gasteiger partial charge in [-0.3, -0.25) is 9.78 Å². The first kappa shape index (κ1) is 23.0. The van der Waals surface area contributed by atoms with E-state index < -0.39 is 17.7 Å². The second-order valence-corrected chi connectivity index (χ2v) is 8.69. The number of fused-ring (bicyclic) bond motifs is 1. The summed E-state index contributed by atoms with van der Waals surface area (Å²) >= 11 is 0. The molecule has 3 aromatic rings. The largest absolute Gasteiger partial charge is 0.374 e. The molecule has 1 aliphatic rings. The fourth-order valence-electron chi connectivity index (χ4n) is 3.99. The number of hydrogen-bond acceptors (Lipinski definition) is 7. The number of carbonyl (C=O) groups is 1. The van der Waals surface area contributed by atoms with Crippen molar-refractivity contribution in [3.05, 3.63) is 35.5 Å². The van der Waals surface area contributed by atoms with Crippen LogP contribution in [-0.2, 0) is 21.9 Å². The third-order valence-corrected chi connectivity index (χ3v) is 5.32. The van der Waals surface area contributed by atoms with Crippen molar-refractivity contribution in [1.82, 2.24) is 24.7 Å². The van der Waals surface area contributed by atoms with Crippen molar-refractivity contribution in [2.24, 2.45) is 5.73 Å². The number of pyridine rings is 1. The minimum atomic E-state index is -3.21. The van der Waals surface area contributed by atoms with E-state index in [2.05, 4.69) is 19.9 Å². The first-order valence-corrected chi connectivity index (χ1v) is 10.8. The molecular formula is C22H27F2N7O2. The molecule has 0 aliphatic carbocycles. The molecule has 3 aromatic heterocycles. The van der Waals surface area contributed by atoms with Gasteiger partial charge in [0, 0.05) is 38.0 Å². The molecule has 4 heterocycles. The van der Waals surface area contributed by atoms with Gasteiger partial charge in [0.15, 0.2) is 11.6 Å². The molecule has 11 heteroatoms. The molecule has 1 amide bonds. The quantitative estimate of drug-likeness (QED) is 0.578. The molecular weight excluding hydrogens is 432 g/mol. The summed E-state index contributed by atoms with van der Waals surface area (Å²) in [5.41, 5.74) is 6.77. The Kier molecular flexibility index (Phi) is 6.00. The molecule has 176 valence electrons. The van der Waals surface area contributed by atoms with E-state index in [0.29, 0.717) is 29.3 Å². The molecule has 1 fully saturated rings. The summed E-state index contributed by atoms with van der Waals surface area (Å²) in [6.07, 6.45) is 2.61. The van der Waals surface area contributed by atoms with Crippen LogP contribution in [0.3, 0.4) is 0 Å². The molecule has 1 saturated heterocycles. The third kappa shape index (κ3) is 4.92. The molecule has 33 heavy (non-hydrogen) atoms. The number of primary amides is 1. The van der Waals surface area contributed by atoms with Gasteiger partial charge >= 0.3 is 5.92 Å². The summed E-state index contributed by atoms with van der Waals surface area (Å²) in [5, 5.41) is 5.45. The maximum absolute atomic E-state index is 14.0. The molecule has 0 bridgehead atoms. The number of aromatic nitrogens is 5. The third-order valence-electron chi connectivity index (χ3n) is 5.32. The number of nitrogens with zero attached hydrogens (tertiary/aromatic N) is 6. The number of carbonyl (C=O) groups excluding carboxylic acids is 1. The number of aryl methyl sites for hydroxylation is 1. The van der Waals surface area contributed by atoms with E-state index in [0.717, 1.165) is 25.3 Å². The van der Waals surface area contributed by atoms with E-state index in [-0.39, 0.29) is 24.4 Å². The lowest BCUT2D eigenvalue weighted by Crippen LogP contribution is -2.25. The molecule has 0 radical (unpaired) electrons. The Morgan fingerprint density at radius 1 is 1.33 bits per heavy atom. The van der Waals surface area contributed by atoms with Crippen LogP contribution in [0.25, 0.3) is 16.7 Å². The Labute approximate surface area is 190 Å². The number of amides is 1. The number of halogens is 2. The molecule has 1 aliphatic heterocycles. The number of rotatable bonds is 7. The first-order valence-electron chi connectivity index (χ1n) is 10.8. The second kappa shape index (κ2) is 8.62. The van der Waals surface area contributed by atoms with Gasteiger partial charge in [0.2, 0.25) is 11.7 Å². The van der Waals surface area contributed by atoms with Gasteiger partial charge in [-0.05, 0) is 33.3 Å². The zero-order valence-corrected chi connectivity index (χ0v) is 19.0. The summed E-state index contributed by atoms with van der Waals surface area (Å²) in [7, 11) is 0. The highest BCUT2D eigenvalue weighted by Crippen LogP contribution is 2.32. The van der Waals surface area contributed by atoms with Gasteiger partial charge in [-0.1, -0.05) is 0 Å². The average Bonchev–Trinajstić information content (AvgIpc) is 3.30. The van der Waals surface area contributed by atoms with Crippen LogP contribution in [0.4, 0.5) is 14.6 Å². The monoisotopic (exact) mass is 459 g/mol. The van der Waals surface area contributed by atoms with Crippen molar-refractivity contribution in [1.29, 1.82) is 0 Å². The van der Waals surface area contributed by atoms with E-state index in [1.54, 1.807) is 25.3 Å². The van der Waals surface area contributed by atoms with Crippen LogP contribution >= 0.6 is 0 Å². The van der Waals surface area contributed by atoms with Crippen molar-refractivity contribution in [2.75, 3.05) is 18.0 Å². The lowest BCUT2D eigenvalue weighted by Gasteiger charge is -2.17. The molecule has 2 N–H and O–H groups in total. The predicted molar refractivity (Wildman–Crippen MR) is 118 cm³/mol. The fourth-order valence-corrected chi connectivity index (χ4v) is 3.99. The van der Waals surface area contributed by atoms with Crippen LogP contribution in [0.5, 0.6) is 0 Å². The average molecular weight is 460 g/mol. The van der Waals surface area contributed by atoms with E-state index in [1.807, 2.05) is 13.8 Å². The predicted octanol–water partition coefficient (Wildman–Crippen LogP) is 2.66. The van der Waals surface area contributed by atoms with Gasteiger partial charge in [0.25, 0.3) is 0 Å². The topological polar surface area (TPSA) is 112 Å². The maximum atomic E-state index is 14.0. The van der Waals surface area contributed by atoms with Gasteiger partial charge in [0.1, 0.15) is 0 Å². The Bertz CT molecular complexity index is 1190. The van der Waals surface area contributed by atoms with Gasteiger partial charge in [-0.15, -0.1) is 5.10 Å². The minimum Gasteiger partial charge on any atom is -0.374 e. The SMILES string of the molecule is Cc1cc(-n2nc(N3CCC(OC(C)C)C3)c3cnc(CC(N)=O)cc32)nc(C(C)(F)F)n1. The van der Waals surface area contributed by atoms with Gasteiger partial charge < -0.3 is 15.4 Å². The summed E-state index contributed by atoms with van der Waals surface area (Å²) in [5.74, 6) is -3.45. The van der Waals surface area contributed by atoms with Crippen LogP contribution in [0.2, 0.25) is 0 Å². The van der Waals surface area contributed by atoms with Crippen LogP contribution in [-0.4, -0.2) is 55.9 Å². The smallest absolute Gasteiger partial charge is 0.303 e. The maximum Gasteiger partial charge on any atom is 0.303 e. The lowest BCUT2D eigenvalue weighted by atomic mass is 10.2. The number of ether oxygens (including phenoxy) is 1. The van der Waals surface area contributed by atoms with Crippen molar-refractivity contribution in [3.63, 3.8) is 0 Å². The zero-order chi connectivity index (χ0) is 23.9. The van der Waals surface area contributed by atoms with Crippen molar-refractivity contribution in [3.8, 4) is 5.82 Å². The van der Waals surface area contributed by atoms with Crippen LogP contribution in [0.15, 0.2) is 18.3 Å². The van der Waals surface area contributed by atoms with Crippen LogP contribution in [0.1, 0.15) is 44.4 Å². The molecule has 1 unspecified atom stereocenters. The Hall–Kier alpha value is -3.21. The van der Waals surface area contributed by atoms with Crippen LogP contribution < -0.4 is 10.6 Å². The van der Waals surface area contributed by atoms with Crippen LogP contribution in [0, 0.1) is 6.92 Å². The van der Waals surface area contributed by atoms with E-state index in [1.165, 1.54) is 4.68 Å². The van der Waals surface area contributed by atoms with Crippen molar-refractivity contribution in [2.45, 2.75) is 58.7 Å². The summed E-state index contributed by atoms with van der Waals surface area (Å²) in [6, 6.07) is 3.28. The molecule has 0 saturated carbocycles. The fraction of sp³-hybridized carbons (Fsp3) is 0.500. The Balaban J connectivity index is 1.84. The van der Waals surface area contributed by atoms with E-state index >= 15 is 0 Å². The number of alkyl halides is 2. The highest BCUT2D eigenvalue weighted by atomic mass is 19.3. The van der Waals surface area contributed by atoms with Crippen molar-refractivity contribution < 1.29 is 18.3 Å². The highest BCUT2D eigenvalue weighted by Gasteiger charge is 2.31. The van der Waals surface area contributed by atoms with Gasteiger partial charge in [0.05, 0.1) is 35.2 Å². The van der Waals surface area contributed by atoms with Gasteiger partial charge in [-0.2, -0.15) is 8.78 Å². The number of anilines is 1. The van der Waals surface area contributed by atoms with E-state index in [4.69, 9.17) is 15.6 Å². The molecule has 1 atom stereocenters. The zero-order valence-electron chi connectivity index (χ0n) is 19.0. The summed E-state index contributed by atoms with van der Waals surface area (Å²) < 4.78 is 35.5. The second-order valence-electron chi connectivity index (χ2n) is 8.69. The Morgan fingerprint density at radius 3 is 2.76 bits per heavy atom. The first-order chi connectivity index (χ1) is 15.5. The number of hydrogen-bond donors (Lipinski definition) is 1. The lowest BCUT2D eigenvalue weighted by molar-refractivity contribution is -0.117. The summed E-state index contributed by atoms with van der Waals surface area (Å²) in [6.45, 7) is 7.75. The molecule has 0 spiro atoms. The molecule has 9 nitrogen and oxygen atoms in total. The minimum absolute atomic E-state index is 0.0500. The highest BCUT2D eigenvalue weighted by molar-refractivity contribution is 5.92. The molecule has 0 aromatic carbocycles. The Morgan fingerprint density at radius 2 is 2.09 bits per heavy atom. The van der Waals surface area contributed by atoms with E-state index in [9.17, 15) is 13.6 Å². The van der Waals surface area contributed by atoms with Gasteiger partial charge in [-0.25, -0.2) is 14.6 Å². The normalized spacial score (nSPS) is 16.8. The summed E-state index contributed by atoms with van der Waals surface area (Å²) in [4.78, 5) is 25.9. The number of nitrogens with two attached hydrogens (primary N) is 1. The molecule has 4 rings (SSSR count).